The van der Waals surface area contributed by atoms with Crippen molar-refractivity contribution in [2.75, 3.05) is 0 Å². The third-order valence-corrected chi connectivity index (χ3v) is 6.74. The zero-order chi connectivity index (χ0) is 27.9. The summed E-state index contributed by atoms with van der Waals surface area (Å²) >= 11 is 0. The van der Waals surface area contributed by atoms with E-state index in [1.165, 1.54) is 18.2 Å². The third kappa shape index (κ3) is 5.08. The summed E-state index contributed by atoms with van der Waals surface area (Å²) in [6.07, 6.45) is -2.23. The minimum absolute atomic E-state index is 0.0109. The first-order valence-electron chi connectivity index (χ1n) is 12.3. The molecule has 2 aromatic heterocycles. The molecule has 2 amide bonds. The van der Waals surface area contributed by atoms with Crippen LogP contribution in [0.3, 0.4) is 0 Å². The summed E-state index contributed by atoms with van der Waals surface area (Å²) in [6, 6.07) is 12.4. The van der Waals surface area contributed by atoms with Crippen molar-refractivity contribution >= 4 is 22.8 Å². The first-order valence-corrected chi connectivity index (χ1v) is 12.3. The number of hydrazine groups is 1. The van der Waals surface area contributed by atoms with E-state index in [4.69, 9.17) is 4.42 Å². The van der Waals surface area contributed by atoms with E-state index >= 15 is 0 Å². The van der Waals surface area contributed by atoms with E-state index in [1.54, 1.807) is 6.07 Å². The number of rotatable bonds is 6. The molecule has 0 saturated heterocycles. The van der Waals surface area contributed by atoms with Crippen LogP contribution in [0.5, 0.6) is 0 Å². The number of alkyl halides is 3. The fourth-order valence-electron chi connectivity index (χ4n) is 4.75. The number of fused-ring (bicyclic) bond motifs is 2. The number of aromatic nitrogens is 2. The minimum atomic E-state index is -4.59. The maximum atomic E-state index is 13.0. The van der Waals surface area contributed by atoms with Crippen LogP contribution in [0.1, 0.15) is 67.6 Å². The number of hydrogen-bond donors (Lipinski definition) is 4. The van der Waals surface area contributed by atoms with Gasteiger partial charge in [0.1, 0.15) is 23.3 Å². The molecule has 0 radical (unpaired) electrons. The molecule has 1 aliphatic carbocycles. The first-order chi connectivity index (χ1) is 19.2. The predicted molar refractivity (Wildman–Crippen MR) is 133 cm³/mol. The normalized spacial score (nSPS) is 18.0. The summed E-state index contributed by atoms with van der Waals surface area (Å²) < 4.78 is 43.6. The van der Waals surface area contributed by atoms with Gasteiger partial charge >= 0.3 is 6.18 Å². The van der Waals surface area contributed by atoms with Crippen LogP contribution in [-0.4, -0.2) is 21.8 Å². The van der Waals surface area contributed by atoms with Gasteiger partial charge in [0.05, 0.1) is 6.04 Å². The summed E-state index contributed by atoms with van der Waals surface area (Å²) in [4.78, 5) is 33.7. The van der Waals surface area contributed by atoms with Crippen molar-refractivity contribution in [3.05, 3.63) is 94.3 Å². The van der Waals surface area contributed by atoms with Gasteiger partial charge in [0.2, 0.25) is 5.76 Å². The van der Waals surface area contributed by atoms with Gasteiger partial charge in [-0.3, -0.25) is 9.59 Å². The Hall–Kier alpha value is -4.85. The lowest BCUT2D eigenvalue weighted by molar-refractivity contribution is -0.152. The summed E-state index contributed by atoms with van der Waals surface area (Å²) in [7, 11) is 0. The Morgan fingerprint density at radius 3 is 2.62 bits per heavy atom. The van der Waals surface area contributed by atoms with Crippen LogP contribution in [0.4, 0.5) is 13.2 Å². The molecule has 0 bridgehead atoms. The van der Waals surface area contributed by atoms with Gasteiger partial charge in [0.15, 0.2) is 6.17 Å². The molecule has 0 fully saturated rings. The monoisotopic (exact) mass is 550 g/mol. The highest BCUT2D eigenvalue weighted by Crippen LogP contribution is 2.35. The molecule has 0 spiro atoms. The highest BCUT2D eigenvalue weighted by atomic mass is 19.4. The van der Waals surface area contributed by atoms with Crippen LogP contribution < -0.4 is 21.6 Å². The second-order valence-electron chi connectivity index (χ2n) is 9.35. The highest BCUT2D eigenvalue weighted by molar-refractivity contribution is 5.97. The van der Waals surface area contributed by atoms with E-state index in [0.717, 1.165) is 35.5 Å². The zero-order valence-electron chi connectivity index (χ0n) is 20.6. The molecule has 3 heterocycles. The smallest absolute Gasteiger partial charge is 0.449 e. The van der Waals surface area contributed by atoms with E-state index < -0.39 is 23.8 Å². The topological polar surface area (TPSA) is 146 Å². The lowest BCUT2D eigenvalue weighted by atomic mass is 10.0. The molecule has 2 atom stereocenters. The van der Waals surface area contributed by atoms with Crippen LogP contribution in [0.15, 0.2) is 69.6 Å². The van der Waals surface area contributed by atoms with Crippen molar-refractivity contribution in [1.82, 2.24) is 31.6 Å². The van der Waals surface area contributed by atoms with Gasteiger partial charge in [-0.1, -0.05) is 35.6 Å². The Labute approximate surface area is 224 Å². The average Bonchev–Trinajstić information content (AvgIpc) is 3.71. The highest BCUT2D eigenvalue weighted by Gasteiger charge is 2.35. The van der Waals surface area contributed by atoms with E-state index in [0.29, 0.717) is 17.4 Å². The van der Waals surface area contributed by atoms with E-state index in [1.807, 2.05) is 18.2 Å². The Morgan fingerprint density at radius 2 is 1.85 bits per heavy atom. The summed E-state index contributed by atoms with van der Waals surface area (Å²) in [6.45, 7) is 0.0109. The van der Waals surface area contributed by atoms with Gasteiger partial charge in [-0.05, 0) is 47.2 Å². The standard InChI is InChI=1S/C26H21F3N8O3/c27-26(28,29)22-9-15-2-1-13(7-21(15)40-22)11-30-24(38)19-10-20(32-12-31-19)25(39)33-18-6-4-14-8-16(3-5-17(14)18)23-34-36-37-35-23/h1-3,5,7-10,12,18,23H,4,6,11H2,(H,30,38)(H,33,39)(H,34,37)(H,35,36)/t18-/m1/s1. The van der Waals surface area contributed by atoms with Gasteiger partial charge in [-0.25, -0.2) is 15.5 Å². The molecule has 2 aliphatic rings. The Morgan fingerprint density at radius 1 is 1.02 bits per heavy atom. The molecule has 14 heteroatoms. The van der Waals surface area contributed by atoms with E-state index in [9.17, 15) is 22.8 Å². The Kier molecular flexibility index (Phi) is 6.38. The van der Waals surface area contributed by atoms with Crippen molar-refractivity contribution in [3.8, 4) is 0 Å². The molecule has 0 saturated carbocycles. The lowest BCUT2D eigenvalue weighted by Crippen LogP contribution is -2.29. The van der Waals surface area contributed by atoms with Crippen molar-refractivity contribution in [2.45, 2.75) is 37.8 Å². The molecule has 4 aromatic rings. The fourth-order valence-corrected chi connectivity index (χ4v) is 4.75. The van der Waals surface area contributed by atoms with Crippen LogP contribution in [-0.2, 0) is 19.1 Å². The zero-order valence-corrected chi connectivity index (χ0v) is 20.6. The summed E-state index contributed by atoms with van der Waals surface area (Å²) in [5.41, 5.74) is 9.20. The summed E-state index contributed by atoms with van der Waals surface area (Å²) in [5, 5.41) is 13.7. The third-order valence-electron chi connectivity index (χ3n) is 6.74. The predicted octanol–water partition coefficient (Wildman–Crippen LogP) is 4.06. The van der Waals surface area contributed by atoms with Crippen molar-refractivity contribution in [3.63, 3.8) is 0 Å². The molecule has 11 nitrogen and oxygen atoms in total. The minimum Gasteiger partial charge on any atom is -0.451 e. The van der Waals surface area contributed by atoms with Crippen LogP contribution in [0.2, 0.25) is 0 Å². The molecule has 2 aromatic carbocycles. The van der Waals surface area contributed by atoms with Gasteiger partial charge in [-0.15, -0.1) is 5.11 Å². The van der Waals surface area contributed by atoms with Gasteiger partial charge < -0.3 is 15.1 Å². The number of nitrogens with zero attached hydrogens (tertiary/aromatic N) is 4. The molecule has 204 valence electrons. The molecule has 4 N–H and O–H groups in total. The second kappa shape index (κ2) is 10.0. The van der Waals surface area contributed by atoms with Crippen molar-refractivity contribution < 1.29 is 27.2 Å². The number of carbonyl (C=O) groups excluding carboxylic acids is 2. The number of amides is 2. The number of benzene rings is 2. The SMILES string of the molecule is O=C(NCc1ccc2cc(C(F)(F)F)oc2c1)c1cc(C(=O)N[C@@H]2CCc3cc(C4N=NNN4)ccc32)ncn1. The number of furan rings is 1. The maximum absolute atomic E-state index is 13.0. The average molecular weight is 551 g/mol. The number of aryl methyl sites for hydroxylation is 1. The Bertz CT molecular complexity index is 1650. The van der Waals surface area contributed by atoms with Crippen LogP contribution in [0.25, 0.3) is 11.0 Å². The molecule has 40 heavy (non-hydrogen) atoms. The largest absolute Gasteiger partial charge is 0.451 e. The van der Waals surface area contributed by atoms with Gasteiger partial charge in [-0.2, -0.15) is 18.6 Å². The molecular formula is C26H21F3N8O3. The number of nitrogens with one attached hydrogen (secondary N) is 4. The lowest BCUT2D eigenvalue weighted by Gasteiger charge is -2.15. The van der Waals surface area contributed by atoms with Crippen LogP contribution in [0, 0.1) is 0 Å². The van der Waals surface area contributed by atoms with Gasteiger partial charge in [0, 0.05) is 18.0 Å². The maximum Gasteiger partial charge on any atom is 0.449 e. The van der Waals surface area contributed by atoms with Crippen molar-refractivity contribution in [1.29, 1.82) is 0 Å². The van der Waals surface area contributed by atoms with Crippen molar-refractivity contribution in [2.24, 2.45) is 10.3 Å². The first kappa shape index (κ1) is 25.4. The van der Waals surface area contributed by atoms with E-state index in [2.05, 4.69) is 41.9 Å². The molecular weight excluding hydrogens is 529 g/mol. The summed E-state index contributed by atoms with van der Waals surface area (Å²) in [5.74, 6) is -2.11. The number of hydrogen-bond acceptors (Lipinski definition) is 9. The Balaban J connectivity index is 1.09. The quantitative estimate of drug-likeness (QED) is 0.283. The van der Waals surface area contributed by atoms with Crippen LogP contribution >= 0.6 is 0 Å². The molecule has 6 rings (SSSR count). The van der Waals surface area contributed by atoms with E-state index in [-0.39, 0.29) is 35.7 Å². The fraction of sp³-hybridized carbons (Fsp3) is 0.231. The molecule has 1 unspecified atom stereocenters. The number of halogens is 3. The number of carbonyl (C=O) groups is 2. The molecule has 1 aliphatic heterocycles. The second-order valence-corrected chi connectivity index (χ2v) is 9.35. The van der Waals surface area contributed by atoms with Gasteiger partial charge in [0.25, 0.3) is 11.8 Å².